The molecule has 0 aromatic carbocycles. The van der Waals surface area contributed by atoms with E-state index < -0.39 is 0 Å². The Balaban J connectivity index is 1.97. The lowest BCUT2D eigenvalue weighted by Gasteiger charge is -2.17. The second-order valence-corrected chi connectivity index (χ2v) is 4.72. The fourth-order valence-electron chi connectivity index (χ4n) is 1.98. The summed E-state index contributed by atoms with van der Waals surface area (Å²) in [5.74, 6) is 0.312. The monoisotopic (exact) mass is 248 g/mol. The molecule has 1 aromatic rings. The van der Waals surface area contributed by atoms with E-state index in [1.165, 1.54) is 12.8 Å². The van der Waals surface area contributed by atoms with Crippen molar-refractivity contribution in [2.75, 3.05) is 29.9 Å². The summed E-state index contributed by atoms with van der Waals surface area (Å²) in [6.45, 7) is 4.33. The highest BCUT2D eigenvalue weighted by atomic mass is 16.1. The fourth-order valence-corrected chi connectivity index (χ4v) is 1.98. The number of rotatable bonds is 4. The average molecular weight is 248 g/mol. The normalized spacial score (nSPS) is 16.7. The number of aromatic nitrogens is 1. The van der Waals surface area contributed by atoms with Crippen molar-refractivity contribution in [2.24, 2.45) is 11.7 Å². The van der Waals surface area contributed by atoms with Crippen molar-refractivity contribution in [3.63, 3.8) is 0 Å². The van der Waals surface area contributed by atoms with Gasteiger partial charge in [-0.05, 0) is 25.0 Å². The van der Waals surface area contributed by atoms with Crippen LogP contribution >= 0.6 is 0 Å². The van der Waals surface area contributed by atoms with Crippen LogP contribution in [0.2, 0.25) is 0 Å². The minimum atomic E-state index is -0.190. The first kappa shape index (κ1) is 12.8. The van der Waals surface area contributed by atoms with Crippen molar-refractivity contribution >= 4 is 17.4 Å². The Bertz CT molecular complexity index is 398. The quantitative estimate of drug-likeness (QED) is 0.840. The molecule has 0 aliphatic carbocycles. The highest BCUT2D eigenvalue weighted by Crippen LogP contribution is 2.20. The Labute approximate surface area is 107 Å². The molecule has 1 aliphatic rings. The number of pyridine rings is 1. The van der Waals surface area contributed by atoms with Gasteiger partial charge in [0.2, 0.25) is 5.91 Å². The maximum Gasteiger partial charge on any atom is 0.229 e. The predicted octanol–water partition coefficient (Wildman–Crippen LogP) is 1.22. The number of amides is 1. The van der Waals surface area contributed by atoms with E-state index in [0.717, 1.165) is 18.8 Å². The van der Waals surface area contributed by atoms with Gasteiger partial charge in [-0.25, -0.2) is 4.98 Å². The number of hydrogen-bond acceptors (Lipinski definition) is 4. The second kappa shape index (κ2) is 5.82. The van der Waals surface area contributed by atoms with Crippen molar-refractivity contribution < 1.29 is 4.79 Å². The average Bonchev–Trinajstić information content (AvgIpc) is 2.92. The third-order valence-electron chi connectivity index (χ3n) is 3.27. The molecule has 1 unspecified atom stereocenters. The molecule has 1 atom stereocenters. The van der Waals surface area contributed by atoms with Gasteiger partial charge in [-0.15, -0.1) is 0 Å². The highest BCUT2D eigenvalue weighted by molar-refractivity contribution is 5.91. The van der Waals surface area contributed by atoms with E-state index in [2.05, 4.69) is 15.2 Å². The molecule has 1 saturated heterocycles. The summed E-state index contributed by atoms with van der Waals surface area (Å²) in [6.07, 6.45) is 4.30. The molecule has 0 spiro atoms. The van der Waals surface area contributed by atoms with E-state index >= 15 is 0 Å². The Morgan fingerprint density at radius 2 is 2.22 bits per heavy atom. The lowest BCUT2D eigenvalue weighted by Crippen LogP contribution is -2.27. The Morgan fingerprint density at radius 1 is 1.50 bits per heavy atom. The van der Waals surface area contributed by atoms with Gasteiger partial charge in [-0.3, -0.25) is 4.79 Å². The number of carbonyl (C=O) groups is 1. The Morgan fingerprint density at radius 3 is 2.78 bits per heavy atom. The van der Waals surface area contributed by atoms with Crippen LogP contribution in [0.1, 0.15) is 19.8 Å². The maximum atomic E-state index is 11.6. The van der Waals surface area contributed by atoms with E-state index in [1.54, 1.807) is 6.92 Å². The van der Waals surface area contributed by atoms with Crippen molar-refractivity contribution in [1.29, 1.82) is 0 Å². The molecule has 1 aromatic heterocycles. The molecule has 5 heteroatoms. The topological polar surface area (TPSA) is 71.2 Å². The maximum absolute atomic E-state index is 11.6. The second-order valence-electron chi connectivity index (χ2n) is 4.72. The molecular weight excluding hydrogens is 228 g/mol. The van der Waals surface area contributed by atoms with E-state index in [4.69, 9.17) is 5.73 Å². The number of anilines is 2. The van der Waals surface area contributed by atoms with Gasteiger partial charge in [-0.1, -0.05) is 6.92 Å². The first-order valence-corrected chi connectivity index (χ1v) is 6.42. The van der Waals surface area contributed by atoms with Crippen molar-refractivity contribution in [2.45, 2.75) is 19.8 Å². The van der Waals surface area contributed by atoms with Crippen LogP contribution in [-0.2, 0) is 4.79 Å². The molecular formula is C13H20N4O. The molecule has 0 saturated carbocycles. The minimum Gasteiger partial charge on any atom is -0.370 e. The molecule has 1 fully saturated rings. The van der Waals surface area contributed by atoms with Crippen molar-refractivity contribution in [3.8, 4) is 0 Å². The van der Waals surface area contributed by atoms with Crippen LogP contribution in [0.25, 0.3) is 0 Å². The number of nitrogens with zero attached hydrogens (tertiary/aromatic N) is 2. The molecule has 0 bridgehead atoms. The van der Waals surface area contributed by atoms with Gasteiger partial charge in [0.15, 0.2) is 0 Å². The summed E-state index contributed by atoms with van der Waals surface area (Å²) in [7, 11) is 0. The largest absolute Gasteiger partial charge is 0.370 e. The van der Waals surface area contributed by atoms with Crippen molar-refractivity contribution in [3.05, 3.63) is 18.3 Å². The molecule has 18 heavy (non-hydrogen) atoms. The Kier molecular flexibility index (Phi) is 4.15. The molecule has 0 radical (unpaired) electrons. The lowest BCUT2D eigenvalue weighted by atomic mass is 10.2. The van der Waals surface area contributed by atoms with Gasteiger partial charge < -0.3 is 16.0 Å². The summed E-state index contributed by atoms with van der Waals surface area (Å²) in [5, 5.41) is 2.76. The zero-order chi connectivity index (χ0) is 13.0. The van der Waals surface area contributed by atoms with E-state index in [1.807, 2.05) is 18.3 Å². The number of hydrogen-bond donors (Lipinski definition) is 2. The fraction of sp³-hybridized carbons (Fsp3) is 0.538. The van der Waals surface area contributed by atoms with Gasteiger partial charge >= 0.3 is 0 Å². The molecule has 1 aliphatic heterocycles. The third kappa shape index (κ3) is 2.98. The van der Waals surface area contributed by atoms with E-state index in [-0.39, 0.29) is 11.8 Å². The number of carbonyl (C=O) groups excluding carboxylic acids is 1. The first-order chi connectivity index (χ1) is 8.70. The summed E-state index contributed by atoms with van der Waals surface area (Å²) < 4.78 is 0. The number of nitrogens with two attached hydrogens (primary N) is 1. The van der Waals surface area contributed by atoms with Crippen LogP contribution in [0.5, 0.6) is 0 Å². The zero-order valence-corrected chi connectivity index (χ0v) is 10.7. The van der Waals surface area contributed by atoms with Crippen LogP contribution in [0, 0.1) is 5.92 Å². The Hall–Kier alpha value is -1.62. The van der Waals surface area contributed by atoms with Crippen LogP contribution in [-0.4, -0.2) is 30.5 Å². The SMILES string of the molecule is CC(CN)C(=O)Nc1ccc(N2CCCC2)cn1. The van der Waals surface area contributed by atoms with Gasteiger partial charge in [0, 0.05) is 25.6 Å². The first-order valence-electron chi connectivity index (χ1n) is 6.42. The third-order valence-corrected chi connectivity index (χ3v) is 3.27. The van der Waals surface area contributed by atoms with Crippen LogP contribution < -0.4 is 16.0 Å². The summed E-state index contributed by atoms with van der Waals surface area (Å²) in [6, 6.07) is 3.84. The molecule has 3 N–H and O–H groups in total. The molecule has 5 nitrogen and oxygen atoms in total. The standard InChI is InChI=1S/C13H20N4O/c1-10(8-14)13(18)16-12-5-4-11(9-15-12)17-6-2-3-7-17/h4-5,9-10H,2-3,6-8,14H2,1H3,(H,15,16,18). The molecule has 1 amide bonds. The lowest BCUT2D eigenvalue weighted by molar-refractivity contribution is -0.119. The smallest absolute Gasteiger partial charge is 0.229 e. The van der Waals surface area contributed by atoms with Crippen LogP contribution in [0.4, 0.5) is 11.5 Å². The summed E-state index contributed by atoms with van der Waals surface area (Å²) >= 11 is 0. The summed E-state index contributed by atoms with van der Waals surface area (Å²) in [5.41, 5.74) is 6.57. The van der Waals surface area contributed by atoms with Gasteiger partial charge in [0.05, 0.1) is 11.9 Å². The number of nitrogens with one attached hydrogen (secondary N) is 1. The van der Waals surface area contributed by atoms with Crippen LogP contribution in [0.15, 0.2) is 18.3 Å². The molecule has 2 heterocycles. The predicted molar refractivity (Wildman–Crippen MR) is 72.5 cm³/mol. The van der Waals surface area contributed by atoms with E-state index in [9.17, 15) is 4.79 Å². The van der Waals surface area contributed by atoms with Crippen molar-refractivity contribution in [1.82, 2.24) is 4.98 Å². The van der Waals surface area contributed by atoms with Crippen LogP contribution in [0.3, 0.4) is 0 Å². The van der Waals surface area contributed by atoms with Gasteiger partial charge in [-0.2, -0.15) is 0 Å². The minimum absolute atomic E-state index is 0.0843. The van der Waals surface area contributed by atoms with Gasteiger partial charge in [0.25, 0.3) is 0 Å². The van der Waals surface area contributed by atoms with Gasteiger partial charge in [0.1, 0.15) is 5.82 Å². The van der Waals surface area contributed by atoms with E-state index in [0.29, 0.717) is 12.4 Å². The molecule has 98 valence electrons. The summed E-state index contributed by atoms with van der Waals surface area (Å²) in [4.78, 5) is 18.2. The highest BCUT2D eigenvalue weighted by Gasteiger charge is 2.14. The zero-order valence-electron chi connectivity index (χ0n) is 10.7. The molecule has 2 rings (SSSR count).